The molecule has 1 aromatic rings. The molecule has 9 nitrogen and oxygen atoms in total. The highest BCUT2D eigenvalue weighted by Crippen LogP contribution is 2.35. The highest BCUT2D eigenvalue weighted by atomic mass is 19.4. The van der Waals surface area contributed by atoms with Gasteiger partial charge in [0.25, 0.3) is 0 Å². The van der Waals surface area contributed by atoms with Gasteiger partial charge in [-0.25, -0.2) is 0 Å². The number of benzene rings is 1. The van der Waals surface area contributed by atoms with Crippen LogP contribution in [0.2, 0.25) is 0 Å². The number of hydrogen-bond acceptors (Lipinski definition) is 6. The van der Waals surface area contributed by atoms with Gasteiger partial charge in [-0.3, -0.25) is 24.0 Å². The molecule has 2 atom stereocenters. The molecule has 0 saturated carbocycles. The lowest BCUT2D eigenvalue weighted by Gasteiger charge is -2.24. The summed E-state index contributed by atoms with van der Waals surface area (Å²) in [5.74, 6) is -2.63. The Labute approximate surface area is 236 Å². The minimum absolute atomic E-state index is 0.0242. The van der Waals surface area contributed by atoms with Crippen LogP contribution < -0.4 is 16.0 Å². The predicted molar refractivity (Wildman–Crippen MR) is 145 cm³/mol. The summed E-state index contributed by atoms with van der Waals surface area (Å²) in [6.45, 7) is 4.11. The Morgan fingerprint density at radius 2 is 1.61 bits per heavy atom. The molecule has 1 aliphatic carbocycles. The Morgan fingerprint density at radius 1 is 0.927 bits per heavy atom. The van der Waals surface area contributed by atoms with E-state index in [1.807, 2.05) is 0 Å². The first kappa shape index (κ1) is 33.4. The van der Waals surface area contributed by atoms with Crippen LogP contribution in [0.4, 0.5) is 18.9 Å². The third-order valence-electron chi connectivity index (χ3n) is 6.48. The molecule has 1 aromatic carbocycles. The molecule has 0 aliphatic heterocycles. The van der Waals surface area contributed by atoms with Crippen molar-refractivity contribution < 1.29 is 42.3 Å². The molecule has 0 saturated heterocycles. The second-order valence-electron chi connectivity index (χ2n) is 10.2. The molecular formula is C29H36F3N3O6. The van der Waals surface area contributed by atoms with Gasteiger partial charge in [-0.15, -0.1) is 0 Å². The van der Waals surface area contributed by atoms with E-state index in [9.17, 15) is 37.1 Å². The van der Waals surface area contributed by atoms with Crippen LogP contribution in [0.1, 0.15) is 70.4 Å². The lowest BCUT2D eigenvalue weighted by Crippen LogP contribution is -2.53. The van der Waals surface area contributed by atoms with Gasteiger partial charge in [0.1, 0.15) is 12.1 Å². The summed E-state index contributed by atoms with van der Waals surface area (Å²) in [5, 5.41) is 16.4. The van der Waals surface area contributed by atoms with Gasteiger partial charge in [-0.1, -0.05) is 32.8 Å². The Morgan fingerprint density at radius 3 is 2.24 bits per heavy atom. The summed E-state index contributed by atoms with van der Waals surface area (Å²) in [4.78, 5) is 61.0. The van der Waals surface area contributed by atoms with Crippen molar-refractivity contribution in [3.05, 3.63) is 53.1 Å². The molecule has 1 aliphatic rings. The molecule has 0 spiro atoms. The van der Waals surface area contributed by atoms with E-state index in [0.717, 1.165) is 18.6 Å². The molecule has 0 fully saturated rings. The fraction of sp³-hybridized carbons (Fsp3) is 0.483. The van der Waals surface area contributed by atoms with Crippen LogP contribution in [0.25, 0.3) is 0 Å². The second kappa shape index (κ2) is 15.3. The molecule has 2 rings (SSSR count). The van der Waals surface area contributed by atoms with Crippen LogP contribution >= 0.6 is 0 Å². The van der Waals surface area contributed by atoms with E-state index in [-0.39, 0.29) is 35.4 Å². The number of unbranched alkanes of at least 4 members (excludes halogenated alkanes) is 3. The van der Waals surface area contributed by atoms with Crippen molar-refractivity contribution in [3.63, 3.8) is 0 Å². The summed E-state index contributed by atoms with van der Waals surface area (Å²) >= 11 is 0. The number of halogens is 3. The van der Waals surface area contributed by atoms with Gasteiger partial charge in [0.05, 0.1) is 17.9 Å². The smallest absolute Gasteiger partial charge is 0.392 e. The van der Waals surface area contributed by atoms with Crippen molar-refractivity contribution in [2.75, 3.05) is 5.32 Å². The van der Waals surface area contributed by atoms with Crippen LogP contribution in [0.5, 0.6) is 0 Å². The molecule has 0 aromatic heterocycles. The molecule has 224 valence electrons. The first-order valence-corrected chi connectivity index (χ1v) is 13.4. The van der Waals surface area contributed by atoms with Crippen LogP contribution in [-0.4, -0.2) is 46.5 Å². The molecule has 0 bridgehead atoms. The van der Waals surface area contributed by atoms with Crippen molar-refractivity contribution in [2.45, 2.75) is 84.2 Å². The third kappa shape index (κ3) is 10.6. The van der Waals surface area contributed by atoms with Gasteiger partial charge in [0, 0.05) is 12.0 Å². The standard InChI is InChI=1S/C29H36F3N3O6/c1-17(2)26(35-25(39)9-7-5-4-6-8-20-15-21(37)11-13-24(20)38)28(41)33-18(3)27(40)34-23-12-10-19(16-36)14-22(23)29(30,31)32/h10-15,17-18,26,36H,4-9,16H2,1-3H3,(H,33,41)(H,34,40)(H,35,39)/t18-,26-/m0/s1. The number of carbonyl (C=O) groups excluding carboxylic acids is 5. The molecular weight excluding hydrogens is 543 g/mol. The molecule has 3 amide bonds. The minimum Gasteiger partial charge on any atom is -0.392 e. The number of aliphatic hydroxyl groups is 1. The number of allylic oxidation sites excluding steroid dienone is 4. The quantitative estimate of drug-likeness (QED) is 0.195. The Balaban J connectivity index is 1.83. The number of alkyl halides is 3. The maximum Gasteiger partial charge on any atom is 0.418 e. The first-order valence-electron chi connectivity index (χ1n) is 13.4. The van der Waals surface area contributed by atoms with Crippen LogP contribution in [0, 0.1) is 5.92 Å². The first-order chi connectivity index (χ1) is 19.2. The maximum atomic E-state index is 13.4. The third-order valence-corrected chi connectivity index (χ3v) is 6.48. The number of rotatable bonds is 14. The lowest BCUT2D eigenvalue weighted by atomic mass is 9.97. The number of aliphatic hydroxyl groups excluding tert-OH is 1. The summed E-state index contributed by atoms with van der Waals surface area (Å²) in [6, 6.07) is 0.827. The number of carbonyl (C=O) groups is 5. The monoisotopic (exact) mass is 579 g/mol. The molecule has 0 heterocycles. The number of hydrogen-bond donors (Lipinski definition) is 4. The average Bonchev–Trinajstić information content (AvgIpc) is 2.90. The van der Waals surface area contributed by atoms with E-state index in [0.29, 0.717) is 31.3 Å². The number of ketones is 2. The summed E-state index contributed by atoms with van der Waals surface area (Å²) < 4.78 is 40.3. The zero-order valence-corrected chi connectivity index (χ0v) is 23.3. The Kier molecular flexibility index (Phi) is 12.4. The zero-order chi connectivity index (χ0) is 30.7. The average molecular weight is 580 g/mol. The van der Waals surface area contributed by atoms with E-state index >= 15 is 0 Å². The molecule has 0 unspecified atom stereocenters. The Hall–Kier alpha value is -3.80. The normalized spacial score (nSPS) is 14.9. The van der Waals surface area contributed by atoms with Gasteiger partial charge in [0.15, 0.2) is 11.6 Å². The molecule has 41 heavy (non-hydrogen) atoms. The summed E-state index contributed by atoms with van der Waals surface area (Å²) in [7, 11) is 0. The van der Waals surface area contributed by atoms with Gasteiger partial charge < -0.3 is 21.1 Å². The van der Waals surface area contributed by atoms with Crippen molar-refractivity contribution in [3.8, 4) is 0 Å². The summed E-state index contributed by atoms with van der Waals surface area (Å²) in [6.07, 6.45) is 2.36. The highest BCUT2D eigenvalue weighted by Gasteiger charge is 2.35. The SMILES string of the molecule is CC(C)[C@H](NC(=O)CCCCCCC1=CC(=O)C=CC1=O)C(=O)N[C@@H](C)C(=O)Nc1ccc(CO)cc1C(F)(F)F. The van der Waals surface area contributed by atoms with Gasteiger partial charge in [-0.05, 0) is 68.0 Å². The van der Waals surface area contributed by atoms with E-state index < -0.39 is 47.9 Å². The number of amides is 3. The minimum atomic E-state index is -4.78. The van der Waals surface area contributed by atoms with E-state index in [1.54, 1.807) is 13.8 Å². The number of anilines is 1. The summed E-state index contributed by atoms with van der Waals surface area (Å²) in [5.41, 5.74) is -1.14. The highest BCUT2D eigenvalue weighted by molar-refractivity contribution is 6.17. The van der Waals surface area contributed by atoms with Gasteiger partial charge in [0.2, 0.25) is 17.7 Å². The van der Waals surface area contributed by atoms with Crippen molar-refractivity contribution in [1.82, 2.24) is 10.6 Å². The fourth-order valence-electron chi connectivity index (χ4n) is 4.13. The van der Waals surface area contributed by atoms with Crippen molar-refractivity contribution in [2.24, 2.45) is 5.92 Å². The second-order valence-corrected chi connectivity index (χ2v) is 10.2. The molecule has 12 heteroatoms. The van der Waals surface area contributed by atoms with E-state index in [2.05, 4.69) is 16.0 Å². The van der Waals surface area contributed by atoms with Gasteiger partial charge >= 0.3 is 6.18 Å². The maximum absolute atomic E-state index is 13.4. The van der Waals surface area contributed by atoms with Crippen molar-refractivity contribution >= 4 is 35.0 Å². The lowest BCUT2D eigenvalue weighted by molar-refractivity contribution is -0.137. The van der Waals surface area contributed by atoms with Crippen LogP contribution in [-0.2, 0) is 36.8 Å². The van der Waals surface area contributed by atoms with Gasteiger partial charge in [-0.2, -0.15) is 13.2 Å². The predicted octanol–water partition coefficient (Wildman–Crippen LogP) is 3.76. The number of nitrogens with one attached hydrogen (secondary N) is 3. The van der Waals surface area contributed by atoms with E-state index in [4.69, 9.17) is 5.11 Å². The molecule has 4 N–H and O–H groups in total. The van der Waals surface area contributed by atoms with Crippen molar-refractivity contribution in [1.29, 1.82) is 0 Å². The van der Waals surface area contributed by atoms with Crippen LogP contribution in [0.3, 0.4) is 0 Å². The largest absolute Gasteiger partial charge is 0.418 e. The Bertz CT molecular complexity index is 1210. The zero-order valence-electron chi connectivity index (χ0n) is 23.3. The fourth-order valence-corrected chi connectivity index (χ4v) is 4.13. The molecule has 0 radical (unpaired) electrons. The topological polar surface area (TPSA) is 142 Å². The van der Waals surface area contributed by atoms with Crippen LogP contribution in [0.15, 0.2) is 42.0 Å². The van der Waals surface area contributed by atoms with E-state index in [1.165, 1.54) is 31.2 Å².